The maximum Gasteiger partial charge on any atom is 0.156 e. The largest absolute Gasteiger partial charge is 0.291 e. The average Bonchev–Trinajstić information content (AvgIpc) is 3.88. The summed E-state index contributed by atoms with van der Waals surface area (Å²) in [7, 11) is 0. The number of fused-ring (bicyclic) bond motifs is 12. The van der Waals surface area contributed by atoms with E-state index in [-0.39, 0.29) is 0 Å². The van der Waals surface area contributed by atoms with Crippen molar-refractivity contribution >= 4 is 91.4 Å². The maximum atomic E-state index is 5.32. The van der Waals surface area contributed by atoms with Gasteiger partial charge >= 0.3 is 0 Å². The molecule has 0 atom stereocenters. The topological polar surface area (TPSA) is 30.2 Å². The number of rotatable bonds is 4. The Kier molecular flexibility index (Phi) is 7.18. The number of thiophene rings is 1. The van der Waals surface area contributed by atoms with Gasteiger partial charge in [-0.15, -0.1) is 11.3 Å². The Morgan fingerprint density at radius 2 is 0.983 bits per heavy atom. The van der Waals surface area contributed by atoms with E-state index in [9.17, 15) is 0 Å². The summed E-state index contributed by atoms with van der Waals surface area (Å²) < 4.78 is 4.88. The van der Waals surface area contributed by atoms with E-state index < -0.39 is 0 Å². The molecule has 0 bridgehead atoms. The molecular weight excluding hydrogens is 747 g/mol. The normalized spacial score (nSPS) is 12.0. The third-order valence-corrected chi connectivity index (χ3v) is 13.6. The van der Waals surface area contributed by atoms with Gasteiger partial charge in [-0.1, -0.05) is 164 Å². The minimum atomic E-state index is 1.01. The van der Waals surface area contributed by atoms with Gasteiger partial charge in [0.2, 0.25) is 0 Å². The molecule has 60 heavy (non-hydrogen) atoms. The molecule has 4 heterocycles. The fraction of sp³-hybridized carbons (Fsp3) is 0. The predicted octanol–water partition coefficient (Wildman–Crippen LogP) is 15.5. The zero-order valence-corrected chi connectivity index (χ0v) is 33.1. The van der Waals surface area contributed by atoms with Gasteiger partial charge in [-0.3, -0.25) is 9.38 Å². The number of benzene rings is 9. The summed E-state index contributed by atoms with van der Waals surface area (Å²) in [5.41, 5.74) is 13.7. The van der Waals surface area contributed by atoms with Crippen LogP contribution in [0.15, 0.2) is 200 Å². The lowest BCUT2D eigenvalue weighted by Gasteiger charge is -2.14. The van der Waals surface area contributed by atoms with E-state index in [1.165, 1.54) is 85.9 Å². The van der Waals surface area contributed by atoms with Crippen molar-refractivity contribution in [2.75, 3.05) is 0 Å². The number of imidazole rings is 1. The summed E-state index contributed by atoms with van der Waals surface area (Å²) in [6, 6.07) is 70.8. The number of pyridine rings is 2. The molecule has 0 fully saturated rings. The van der Waals surface area contributed by atoms with Crippen molar-refractivity contribution in [2.24, 2.45) is 0 Å². The van der Waals surface area contributed by atoms with E-state index in [1.54, 1.807) is 0 Å². The van der Waals surface area contributed by atoms with Crippen LogP contribution < -0.4 is 0 Å². The fourth-order valence-corrected chi connectivity index (χ4v) is 10.7. The zero-order chi connectivity index (χ0) is 39.3. The Morgan fingerprint density at radius 3 is 1.72 bits per heavy atom. The van der Waals surface area contributed by atoms with Crippen LogP contribution in [0.2, 0.25) is 0 Å². The van der Waals surface area contributed by atoms with E-state index in [1.807, 2.05) is 23.6 Å². The van der Waals surface area contributed by atoms with Crippen LogP contribution in [0.5, 0.6) is 0 Å². The number of aromatic nitrogens is 3. The first-order valence-electron chi connectivity index (χ1n) is 20.4. The van der Waals surface area contributed by atoms with Crippen LogP contribution in [-0.2, 0) is 0 Å². The predicted molar refractivity (Wildman–Crippen MR) is 255 cm³/mol. The fourth-order valence-electron chi connectivity index (χ4n) is 9.55. The first-order valence-corrected chi connectivity index (χ1v) is 21.2. The molecule has 0 amide bonds. The summed E-state index contributed by atoms with van der Waals surface area (Å²) in [4.78, 5) is 10.0. The minimum absolute atomic E-state index is 1.01. The second-order valence-corrected chi connectivity index (χ2v) is 16.8. The first kappa shape index (κ1) is 33.3. The van der Waals surface area contributed by atoms with Gasteiger partial charge in [0.1, 0.15) is 0 Å². The lowest BCUT2D eigenvalue weighted by Crippen LogP contribution is -1.93. The molecule has 0 unspecified atom stereocenters. The summed E-state index contributed by atoms with van der Waals surface area (Å²) in [5.74, 6) is 0. The van der Waals surface area contributed by atoms with Gasteiger partial charge in [0.25, 0.3) is 0 Å². The first-order chi connectivity index (χ1) is 29.7. The standard InChI is InChI=1S/C56H33N3S/c1-2-10-40-32-52-50(31-39(40)9-1)58-56-55-49(47-14-5-6-17-53(47)60-55)33-51(59(52)56)37-24-22-36(23-25-37)43-29-28-42(44-12-3-4-13-45(43)44)35-20-18-34(19-21-35)41-15-7-16-48-46(41)27-26-38-11-8-30-57-54(38)48/h1-33H. The Labute approximate surface area is 349 Å². The van der Waals surface area contributed by atoms with Gasteiger partial charge in [-0.2, -0.15) is 0 Å². The Morgan fingerprint density at radius 1 is 0.400 bits per heavy atom. The van der Waals surface area contributed by atoms with Crippen molar-refractivity contribution in [1.82, 2.24) is 14.4 Å². The molecule has 0 aliphatic heterocycles. The highest BCUT2D eigenvalue weighted by Gasteiger charge is 2.19. The van der Waals surface area contributed by atoms with Gasteiger partial charge in [0, 0.05) is 32.4 Å². The van der Waals surface area contributed by atoms with Crippen LogP contribution in [0.4, 0.5) is 0 Å². The highest BCUT2D eigenvalue weighted by Crippen LogP contribution is 2.42. The van der Waals surface area contributed by atoms with Crippen LogP contribution in [0, 0.1) is 0 Å². The molecule has 3 nitrogen and oxygen atoms in total. The SMILES string of the molecule is c1ccc2cc3c(cc2c1)nc1c2sc4ccccc4c2cc(-c2ccc(-c4ccc(-c5ccc(-c6cccc7c6ccc6cccnc67)cc5)c5ccccc45)cc2)n31. The van der Waals surface area contributed by atoms with Crippen molar-refractivity contribution in [2.45, 2.75) is 0 Å². The zero-order valence-electron chi connectivity index (χ0n) is 32.3. The maximum absolute atomic E-state index is 5.32. The van der Waals surface area contributed by atoms with Crippen molar-refractivity contribution < 1.29 is 0 Å². The van der Waals surface area contributed by atoms with Crippen LogP contribution in [-0.4, -0.2) is 14.4 Å². The quantitative estimate of drug-likeness (QED) is 0.167. The van der Waals surface area contributed by atoms with Gasteiger partial charge in [0.05, 0.1) is 26.9 Å². The Balaban J connectivity index is 0.907. The molecular formula is C56H33N3S. The van der Waals surface area contributed by atoms with E-state index in [0.717, 1.165) is 38.8 Å². The van der Waals surface area contributed by atoms with Crippen LogP contribution >= 0.6 is 11.3 Å². The second kappa shape index (κ2) is 12.9. The summed E-state index contributed by atoms with van der Waals surface area (Å²) in [5, 5.41) is 11.0. The van der Waals surface area contributed by atoms with Crippen molar-refractivity contribution in [1.29, 1.82) is 0 Å². The van der Waals surface area contributed by atoms with Crippen LogP contribution in [0.25, 0.3) is 125 Å². The molecule has 9 aromatic carbocycles. The smallest absolute Gasteiger partial charge is 0.156 e. The summed E-state index contributed by atoms with van der Waals surface area (Å²) >= 11 is 1.83. The molecule has 4 aromatic heterocycles. The van der Waals surface area contributed by atoms with Crippen molar-refractivity contribution in [3.63, 3.8) is 0 Å². The number of nitrogens with zero attached hydrogens (tertiary/aromatic N) is 3. The summed E-state index contributed by atoms with van der Waals surface area (Å²) in [6.45, 7) is 0. The molecule has 0 N–H and O–H groups in total. The molecule has 13 aromatic rings. The third-order valence-electron chi connectivity index (χ3n) is 12.4. The summed E-state index contributed by atoms with van der Waals surface area (Å²) in [6.07, 6.45) is 1.88. The highest BCUT2D eigenvalue weighted by molar-refractivity contribution is 7.26. The van der Waals surface area contributed by atoms with Gasteiger partial charge in [-0.05, 0) is 96.2 Å². The number of hydrogen-bond donors (Lipinski definition) is 0. The molecule has 0 spiro atoms. The molecule has 13 rings (SSSR count). The number of hydrogen-bond acceptors (Lipinski definition) is 3. The lowest BCUT2D eigenvalue weighted by atomic mass is 9.90. The highest BCUT2D eigenvalue weighted by atomic mass is 32.1. The molecule has 0 aliphatic carbocycles. The molecule has 0 radical (unpaired) electrons. The van der Waals surface area contributed by atoms with Crippen molar-refractivity contribution in [3.8, 4) is 44.6 Å². The van der Waals surface area contributed by atoms with Crippen LogP contribution in [0.3, 0.4) is 0 Å². The van der Waals surface area contributed by atoms with Gasteiger partial charge < -0.3 is 0 Å². The van der Waals surface area contributed by atoms with Crippen molar-refractivity contribution in [3.05, 3.63) is 200 Å². The molecule has 0 saturated carbocycles. The Bertz CT molecular complexity index is 3870. The van der Waals surface area contributed by atoms with E-state index >= 15 is 0 Å². The Hall–Kier alpha value is -7.66. The molecule has 4 heteroatoms. The average molecular weight is 780 g/mol. The van der Waals surface area contributed by atoms with Gasteiger partial charge in [-0.25, -0.2) is 4.98 Å². The van der Waals surface area contributed by atoms with Crippen LogP contribution in [0.1, 0.15) is 0 Å². The molecule has 0 aliphatic rings. The van der Waals surface area contributed by atoms with Gasteiger partial charge in [0.15, 0.2) is 5.65 Å². The lowest BCUT2D eigenvalue weighted by molar-refractivity contribution is 1.25. The van der Waals surface area contributed by atoms with E-state index in [0.29, 0.717) is 0 Å². The second-order valence-electron chi connectivity index (χ2n) is 15.7. The van der Waals surface area contributed by atoms with E-state index in [4.69, 9.17) is 9.97 Å². The third kappa shape index (κ3) is 5.01. The van der Waals surface area contributed by atoms with E-state index in [2.05, 4.69) is 192 Å². The monoisotopic (exact) mass is 779 g/mol. The molecule has 0 saturated heterocycles. The minimum Gasteiger partial charge on any atom is -0.291 e. The molecule has 278 valence electrons.